The Kier molecular flexibility index (Phi) is 1.78. The van der Waals surface area contributed by atoms with Crippen LogP contribution in [-0.4, -0.2) is 30.2 Å². The van der Waals surface area contributed by atoms with Crippen molar-refractivity contribution in [3.63, 3.8) is 0 Å². The minimum atomic E-state index is 0.875. The minimum Gasteiger partial charge on any atom is -0.237 e. The Hall–Kier alpha value is -0.660. The zero-order valence-corrected chi connectivity index (χ0v) is 5.17. The summed E-state index contributed by atoms with van der Waals surface area (Å²) in [6.45, 7) is 4.16. The second-order valence-electron chi connectivity index (χ2n) is 1.90. The molecule has 0 aromatic rings. The van der Waals surface area contributed by atoms with E-state index < -0.39 is 0 Å². The lowest BCUT2D eigenvalue weighted by Crippen LogP contribution is -2.07. The molecule has 0 spiro atoms. The standard InChI is InChI=1S/C6H11N2/c1-2-4-8-5-3-7-6-8/h5-6H,2-4H2,1H3/q+1. The second kappa shape index (κ2) is 2.60. The molecule has 1 rings (SSSR count). The van der Waals surface area contributed by atoms with E-state index in [1.165, 1.54) is 6.42 Å². The van der Waals surface area contributed by atoms with Gasteiger partial charge in [-0.25, -0.2) is 4.58 Å². The number of aliphatic imine (C=N–C) groups is 1. The van der Waals surface area contributed by atoms with E-state index in [9.17, 15) is 0 Å². The molecule has 0 aromatic heterocycles. The summed E-state index contributed by atoms with van der Waals surface area (Å²) in [6, 6.07) is 0. The maximum Gasteiger partial charge on any atom is 0.280 e. The highest BCUT2D eigenvalue weighted by atomic mass is 15.1. The van der Waals surface area contributed by atoms with Crippen molar-refractivity contribution in [1.82, 2.24) is 0 Å². The molecule has 0 bridgehead atoms. The van der Waals surface area contributed by atoms with Gasteiger partial charge in [0.25, 0.3) is 6.34 Å². The van der Waals surface area contributed by atoms with Gasteiger partial charge in [0.15, 0.2) is 6.54 Å². The molecule has 0 amide bonds. The Labute approximate surface area is 49.6 Å². The molecule has 1 heterocycles. The first-order valence-electron chi connectivity index (χ1n) is 3.02. The topological polar surface area (TPSA) is 15.4 Å². The third-order valence-corrected chi connectivity index (χ3v) is 1.13. The van der Waals surface area contributed by atoms with Crippen LogP contribution in [-0.2, 0) is 0 Å². The Bertz CT molecular complexity index is 124. The summed E-state index contributed by atoms with van der Waals surface area (Å²) in [5, 5.41) is 0. The van der Waals surface area contributed by atoms with Crippen molar-refractivity contribution in [3.05, 3.63) is 0 Å². The molecule has 0 atom stereocenters. The summed E-state index contributed by atoms with van der Waals surface area (Å²) >= 11 is 0. The molecule has 1 aliphatic rings. The molecule has 0 unspecified atom stereocenters. The van der Waals surface area contributed by atoms with Crippen LogP contribution in [0.5, 0.6) is 0 Å². The SMILES string of the molecule is CCC[N+]1=CCN=C1. The highest BCUT2D eigenvalue weighted by Gasteiger charge is 2.00. The summed E-state index contributed by atoms with van der Waals surface area (Å²) in [5.41, 5.74) is 0. The van der Waals surface area contributed by atoms with Gasteiger partial charge < -0.3 is 0 Å². The van der Waals surface area contributed by atoms with E-state index in [1.54, 1.807) is 0 Å². The van der Waals surface area contributed by atoms with Gasteiger partial charge in [0, 0.05) is 0 Å². The average Bonchev–Trinajstić information content (AvgIpc) is 2.19. The number of nitrogens with zero attached hydrogens (tertiary/aromatic N) is 2. The normalized spacial score (nSPS) is 16.9. The lowest BCUT2D eigenvalue weighted by atomic mass is 10.5. The van der Waals surface area contributed by atoms with E-state index in [0.717, 1.165) is 13.1 Å². The van der Waals surface area contributed by atoms with E-state index in [4.69, 9.17) is 0 Å². The van der Waals surface area contributed by atoms with Crippen LogP contribution in [0.1, 0.15) is 13.3 Å². The molecular weight excluding hydrogens is 100 g/mol. The molecule has 0 aromatic carbocycles. The van der Waals surface area contributed by atoms with Crippen molar-refractivity contribution in [2.24, 2.45) is 4.99 Å². The van der Waals surface area contributed by atoms with Crippen LogP contribution in [0.2, 0.25) is 0 Å². The molecule has 1 aliphatic heterocycles. The van der Waals surface area contributed by atoms with E-state index in [-0.39, 0.29) is 0 Å². The van der Waals surface area contributed by atoms with Gasteiger partial charge in [0.05, 0.1) is 6.54 Å². The second-order valence-corrected chi connectivity index (χ2v) is 1.90. The number of rotatable bonds is 2. The zero-order chi connectivity index (χ0) is 5.82. The van der Waals surface area contributed by atoms with Crippen LogP contribution in [0.15, 0.2) is 4.99 Å². The summed E-state index contributed by atoms with van der Waals surface area (Å²) in [7, 11) is 0. The molecule has 0 saturated carbocycles. The lowest BCUT2D eigenvalue weighted by Gasteiger charge is -1.88. The molecule has 2 nitrogen and oxygen atoms in total. The fraction of sp³-hybridized carbons (Fsp3) is 0.667. The molecule has 2 heteroatoms. The predicted molar refractivity (Wildman–Crippen MR) is 34.8 cm³/mol. The largest absolute Gasteiger partial charge is 0.280 e. The Morgan fingerprint density at radius 2 is 2.62 bits per heavy atom. The van der Waals surface area contributed by atoms with Gasteiger partial charge in [-0.2, -0.15) is 0 Å². The molecule has 0 N–H and O–H groups in total. The highest BCUT2D eigenvalue weighted by Crippen LogP contribution is 1.81. The average molecular weight is 111 g/mol. The fourth-order valence-electron chi connectivity index (χ4n) is 0.758. The maximum atomic E-state index is 4.03. The number of hydrogen-bond donors (Lipinski definition) is 0. The maximum absolute atomic E-state index is 4.03. The van der Waals surface area contributed by atoms with Crippen molar-refractivity contribution in [3.8, 4) is 0 Å². The molecule has 0 fully saturated rings. The first-order chi connectivity index (χ1) is 3.93. The lowest BCUT2D eigenvalue weighted by molar-refractivity contribution is -0.390. The molecule has 0 radical (unpaired) electrons. The van der Waals surface area contributed by atoms with Crippen LogP contribution in [0.4, 0.5) is 0 Å². The fourth-order valence-corrected chi connectivity index (χ4v) is 0.758. The molecule has 0 aliphatic carbocycles. The molecule has 0 saturated heterocycles. The van der Waals surface area contributed by atoms with Gasteiger partial charge >= 0.3 is 0 Å². The van der Waals surface area contributed by atoms with Gasteiger partial charge in [-0.1, -0.05) is 11.9 Å². The Morgan fingerprint density at radius 1 is 1.75 bits per heavy atom. The third kappa shape index (κ3) is 1.15. The van der Waals surface area contributed by atoms with Crippen molar-refractivity contribution in [2.45, 2.75) is 13.3 Å². The zero-order valence-electron chi connectivity index (χ0n) is 5.17. The van der Waals surface area contributed by atoms with Crippen LogP contribution >= 0.6 is 0 Å². The Morgan fingerprint density at radius 3 is 3.12 bits per heavy atom. The Balaban J connectivity index is 2.34. The third-order valence-electron chi connectivity index (χ3n) is 1.13. The first kappa shape index (κ1) is 5.48. The molecular formula is C6H11N2+. The summed E-state index contributed by atoms with van der Waals surface area (Å²) < 4.78 is 2.12. The van der Waals surface area contributed by atoms with Crippen molar-refractivity contribution in [2.75, 3.05) is 13.1 Å². The highest BCUT2D eigenvalue weighted by molar-refractivity contribution is 5.67. The van der Waals surface area contributed by atoms with Crippen molar-refractivity contribution < 1.29 is 4.58 Å². The predicted octanol–water partition coefficient (Wildman–Crippen LogP) is 0.522. The van der Waals surface area contributed by atoms with Gasteiger partial charge in [-0.3, -0.25) is 0 Å². The smallest absolute Gasteiger partial charge is 0.237 e. The van der Waals surface area contributed by atoms with Crippen LogP contribution < -0.4 is 0 Å². The van der Waals surface area contributed by atoms with E-state index in [1.807, 2.05) is 6.34 Å². The summed E-state index contributed by atoms with van der Waals surface area (Å²) in [4.78, 5) is 4.03. The van der Waals surface area contributed by atoms with Crippen molar-refractivity contribution >= 4 is 12.6 Å². The summed E-state index contributed by atoms with van der Waals surface area (Å²) in [6.07, 6.45) is 5.19. The van der Waals surface area contributed by atoms with Gasteiger partial charge in [-0.15, -0.1) is 0 Å². The van der Waals surface area contributed by atoms with Gasteiger partial charge in [-0.05, 0) is 6.42 Å². The van der Waals surface area contributed by atoms with E-state index in [0.29, 0.717) is 0 Å². The summed E-state index contributed by atoms with van der Waals surface area (Å²) in [5.74, 6) is 0. The van der Waals surface area contributed by atoms with Gasteiger partial charge in [0.2, 0.25) is 0 Å². The minimum absolute atomic E-state index is 0.875. The molecule has 8 heavy (non-hydrogen) atoms. The quantitative estimate of drug-likeness (QED) is 0.462. The number of hydrogen-bond acceptors (Lipinski definition) is 1. The molecule has 44 valence electrons. The van der Waals surface area contributed by atoms with Crippen LogP contribution in [0.3, 0.4) is 0 Å². The van der Waals surface area contributed by atoms with E-state index in [2.05, 4.69) is 22.7 Å². The first-order valence-corrected chi connectivity index (χ1v) is 3.02. The van der Waals surface area contributed by atoms with Crippen molar-refractivity contribution in [1.29, 1.82) is 0 Å². The van der Waals surface area contributed by atoms with Crippen LogP contribution in [0.25, 0.3) is 0 Å². The van der Waals surface area contributed by atoms with Crippen LogP contribution in [0, 0.1) is 0 Å². The monoisotopic (exact) mass is 111 g/mol. The van der Waals surface area contributed by atoms with E-state index >= 15 is 0 Å². The van der Waals surface area contributed by atoms with Gasteiger partial charge in [0.1, 0.15) is 6.21 Å².